The van der Waals surface area contributed by atoms with Gasteiger partial charge in [0.05, 0.1) is 0 Å². The van der Waals surface area contributed by atoms with Gasteiger partial charge in [-0.25, -0.2) is 4.99 Å². The summed E-state index contributed by atoms with van der Waals surface area (Å²) >= 11 is 0. The Morgan fingerprint density at radius 2 is 1.90 bits per heavy atom. The molecule has 0 aliphatic rings. The summed E-state index contributed by atoms with van der Waals surface area (Å²) in [6.07, 6.45) is 13.6. The van der Waals surface area contributed by atoms with Gasteiger partial charge in [-0.3, -0.25) is 0 Å². The van der Waals surface area contributed by atoms with E-state index in [2.05, 4.69) is 37.3 Å². The number of nitrogens with zero attached hydrogens (tertiary/aromatic N) is 1. The monoisotopic (exact) mass is 284 g/mol. The van der Waals surface area contributed by atoms with Crippen molar-refractivity contribution in [3.05, 3.63) is 72.3 Å². The van der Waals surface area contributed by atoms with Gasteiger partial charge in [-0.15, -0.1) is 0 Å². The van der Waals surface area contributed by atoms with Crippen molar-refractivity contribution in [3.8, 4) is 0 Å². The van der Waals surface area contributed by atoms with Crippen molar-refractivity contribution < 1.29 is 0 Å². The van der Waals surface area contributed by atoms with Gasteiger partial charge in [0, 0.05) is 11.9 Å². The molecule has 0 atom stereocenters. The van der Waals surface area contributed by atoms with Crippen LogP contribution in [0.15, 0.2) is 77.3 Å². The van der Waals surface area contributed by atoms with Gasteiger partial charge in [-0.05, 0) is 50.0 Å². The van der Waals surface area contributed by atoms with E-state index < -0.39 is 0 Å². The van der Waals surface area contributed by atoms with E-state index in [4.69, 9.17) is 0 Å². The zero-order valence-corrected chi connectivity index (χ0v) is 14.0. The van der Waals surface area contributed by atoms with Crippen molar-refractivity contribution in [3.63, 3.8) is 0 Å². The van der Waals surface area contributed by atoms with Crippen LogP contribution in [-0.2, 0) is 0 Å². The molecule has 0 unspecified atom stereocenters. The lowest BCUT2D eigenvalue weighted by molar-refractivity contribution is 0.892. The second-order valence-electron chi connectivity index (χ2n) is 5.03. The Balaban J connectivity index is 5.13. The van der Waals surface area contributed by atoms with E-state index in [1.54, 1.807) is 0 Å². The summed E-state index contributed by atoms with van der Waals surface area (Å²) in [5.74, 6) is 1.17. The maximum Gasteiger partial charge on any atom is 0.129 e. The van der Waals surface area contributed by atoms with Crippen LogP contribution in [0.2, 0.25) is 0 Å². The van der Waals surface area contributed by atoms with Crippen LogP contribution in [0.1, 0.15) is 34.6 Å². The molecule has 0 aliphatic carbocycles. The molecule has 0 rings (SSSR count). The molecule has 0 aromatic carbocycles. The molecule has 2 nitrogen and oxygen atoms in total. The zero-order chi connectivity index (χ0) is 16.3. The highest BCUT2D eigenvalue weighted by atomic mass is 15.0. The predicted molar refractivity (Wildman–Crippen MR) is 96.2 cm³/mol. The highest BCUT2D eigenvalue weighted by Crippen LogP contribution is 2.12. The molecule has 0 aliphatic heterocycles. The van der Waals surface area contributed by atoms with Crippen LogP contribution in [0.4, 0.5) is 0 Å². The summed E-state index contributed by atoms with van der Waals surface area (Å²) in [5.41, 5.74) is 2.99. The van der Waals surface area contributed by atoms with Crippen LogP contribution in [0, 0.1) is 5.92 Å². The lowest BCUT2D eigenvalue weighted by Gasteiger charge is -2.09. The smallest absolute Gasteiger partial charge is 0.129 e. The molecule has 0 saturated carbocycles. The Hall–Kier alpha value is -2.09. The minimum Gasteiger partial charge on any atom is -0.341 e. The van der Waals surface area contributed by atoms with Gasteiger partial charge in [0.25, 0.3) is 0 Å². The van der Waals surface area contributed by atoms with Crippen LogP contribution in [-0.4, -0.2) is 6.21 Å². The van der Waals surface area contributed by atoms with Crippen molar-refractivity contribution >= 4 is 6.21 Å². The van der Waals surface area contributed by atoms with Gasteiger partial charge in [-0.1, -0.05) is 51.3 Å². The van der Waals surface area contributed by atoms with E-state index in [0.29, 0.717) is 5.92 Å². The SMILES string of the molecule is C=CC(=C/C(=C)NC(=C/C=C\C)/N=C\C(C)C)/C(C)=C\C. The van der Waals surface area contributed by atoms with E-state index in [-0.39, 0.29) is 0 Å². The fourth-order valence-corrected chi connectivity index (χ4v) is 1.42. The van der Waals surface area contributed by atoms with Crippen LogP contribution >= 0.6 is 0 Å². The average Bonchev–Trinajstić information content (AvgIpc) is 2.46. The first-order chi connectivity index (χ1) is 9.94. The minimum atomic E-state index is 0.401. The Kier molecular flexibility index (Phi) is 9.61. The molecule has 1 N–H and O–H groups in total. The van der Waals surface area contributed by atoms with E-state index >= 15 is 0 Å². The molecule has 0 fully saturated rings. The molecular formula is C19H28N2. The largest absolute Gasteiger partial charge is 0.341 e. The summed E-state index contributed by atoms with van der Waals surface area (Å²) in [7, 11) is 0. The number of allylic oxidation sites excluding steroid dienone is 8. The summed E-state index contributed by atoms with van der Waals surface area (Å²) in [4.78, 5) is 4.44. The second kappa shape index (κ2) is 10.7. The van der Waals surface area contributed by atoms with E-state index in [9.17, 15) is 0 Å². The Morgan fingerprint density at radius 1 is 1.24 bits per heavy atom. The maximum absolute atomic E-state index is 4.44. The molecule has 0 radical (unpaired) electrons. The lowest BCUT2D eigenvalue weighted by Crippen LogP contribution is -2.10. The Morgan fingerprint density at radius 3 is 2.38 bits per heavy atom. The second-order valence-corrected chi connectivity index (χ2v) is 5.03. The molecule has 0 heterocycles. The summed E-state index contributed by atoms with van der Waals surface area (Å²) in [5, 5.41) is 3.22. The third-order valence-electron chi connectivity index (χ3n) is 2.68. The highest BCUT2D eigenvalue weighted by Gasteiger charge is 1.98. The first kappa shape index (κ1) is 18.9. The average molecular weight is 284 g/mol. The molecule has 0 spiro atoms. The highest BCUT2D eigenvalue weighted by molar-refractivity contribution is 5.61. The summed E-state index contributed by atoms with van der Waals surface area (Å²) in [6.45, 7) is 18.1. The molecule has 0 bridgehead atoms. The van der Waals surface area contributed by atoms with Gasteiger partial charge in [0.2, 0.25) is 0 Å². The minimum absolute atomic E-state index is 0.401. The molecule has 0 amide bonds. The maximum atomic E-state index is 4.44. The normalized spacial score (nSPS) is 14.3. The number of nitrogens with one attached hydrogen (secondary N) is 1. The van der Waals surface area contributed by atoms with E-state index in [1.165, 1.54) is 0 Å². The van der Waals surface area contributed by atoms with Crippen molar-refractivity contribution in [1.82, 2.24) is 5.32 Å². The van der Waals surface area contributed by atoms with Crippen molar-refractivity contribution in [2.45, 2.75) is 34.6 Å². The lowest BCUT2D eigenvalue weighted by atomic mass is 10.1. The van der Waals surface area contributed by atoms with Crippen molar-refractivity contribution in [1.29, 1.82) is 0 Å². The molecule has 114 valence electrons. The quantitative estimate of drug-likeness (QED) is 0.474. The Labute approximate surface area is 130 Å². The standard InChI is InChI=1S/C19H28N2/c1-8-11-12-19(20-14-15(4)5)21-17(7)13-18(10-3)16(6)9-2/h8-15,21H,3,7H2,1-2,4-6H3/b11-8-,16-9-,18-13-,19-12+,20-14-. The van der Waals surface area contributed by atoms with Crippen LogP contribution < -0.4 is 5.32 Å². The number of hydrogen-bond acceptors (Lipinski definition) is 2. The first-order valence-corrected chi connectivity index (χ1v) is 7.25. The molecule has 0 aromatic heterocycles. The third kappa shape index (κ3) is 8.64. The summed E-state index contributed by atoms with van der Waals surface area (Å²) in [6, 6.07) is 0. The Bertz CT molecular complexity index is 498. The fraction of sp³-hybridized carbons (Fsp3) is 0.316. The van der Waals surface area contributed by atoms with Gasteiger partial charge in [0.1, 0.15) is 5.82 Å². The van der Waals surface area contributed by atoms with E-state index in [1.807, 2.05) is 63.4 Å². The van der Waals surface area contributed by atoms with Crippen LogP contribution in [0.25, 0.3) is 0 Å². The molecule has 0 aromatic rings. The fourth-order valence-electron chi connectivity index (χ4n) is 1.42. The number of aliphatic imine (C=N–C) groups is 1. The molecule has 2 heteroatoms. The van der Waals surface area contributed by atoms with Crippen molar-refractivity contribution in [2.75, 3.05) is 0 Å². The number of rotatable bonds is 8. The third-order valence-corrected chi connectivity index (χ3v) is 2.68. The van der Waals surface area contributed by atoms with Gasteiger partial charge in [0.15, 0.2) is 0 Å². The van der Waals surface area contributed by atoms with Crippen LogP contribution in [0.5, 0.6) is 0 Å². The number of hydrogen-bond donors (Lipinski definition) is 1. The molecule has 0 saturated heterocycles. The molecule has 21 heavy (non-hydrogen) atoms. The van der Waals surface area contributed by atoms with Gasteiger partial charge in [-0.2, -0.15) is 0 Å². The zero-order valence-electron chi connectivity index (χ0n) is 14.0. The van der Waals surface area contributed by atoms with Gasteiger partial charge < -0.3 is 5.32 Å². The van der Waals surface area contributed by atoms with E-state index in [0.717, 1.165) is 22.7 Å². The first-order valence-electron chi connectivity index (χ1n) is 7.25. The van der Waals surface area contributed by atoms with Gasteiger partial charge >= 0.3 is 0 Å². The van der Waals surface area contributed by atoms with Crippen LogP contribution in [0.3, 0.4) is 0 Å². The predicted octanol–water partition coefficient (Wildman–Crippen LogP) is 5.31. The summed E-state index contributed by atoms with van der Waals surface area (Å²) < 4.78 is 0. The van der Waals surface area contributed by atoms with Crippen molar-refractivity contribution in [2.24, 2.45) is 10.9 Å². The molecular weight excluding hydrogens is 256 g/mol. The topological polar surface area (TPSA) is 24.4 Å².